The molecule has 14 nitrogen and oxygen atoms in total. The molecule has 0 aliphatic carbocycles. The smallest absolute Gasteiger partial charge is 0.237 e. The standard InChI is InChI=1S/C34H40Cl2N8O6S2/c1-49-33-29(17-37-21-11-13-43(19-21)51(3,45)46)39-15-27(41-33)25-9-5-7-23(31(25)35)24-8-6-10-26(32(24)36)28-16-40-30(34(42-28)50-2)18-38-22-12-14-44(20-22)52(4,47)48/h5-10,15-16,21-22,37-38H,11-14,17-20H2,1-4H3/t21-,22-/m1/s1. The van der Waals surface area contributed by atoms with Gasteiger partial charge in [-0.15, -0.1) is 0 Å². The Balaban J connectivity index is 1.20. The molecule has 0 unspecified atom stereocenters. The fraction of sp³-hybridized carbons (Fsp3) is 0.412. The summed E-state index contributed by atoms with van der Waals surface area (Å²) < 4.78 is 61.7. The van der Waals surface area contributed by atoms with E-state index in [0.717, 1.165) is 0 Å². The third-order valence-electron chi connectivity index (χ3n) is 9.21. The molecule has 2 N–H and O–H groups in total. The molecule has 52 heavy (non-hydrogen) atoms. The summed E-state index contributed by atoms with van der Waals surface area (Å²) in [6.45, 7) is 2.45. The average Bonchev–Trinajstić information content (AvgIpc) is 3.81. The van der Waals surface area contributed by atoms with Gasteiger partial charge in [0.25, 0.3) is 0 Å². The maximum atomic E-state index is 11.9. The molecule has 2 aliphatic rings. The van der Waals surface area contributed by atoms with Gasteiger partial charge in [0.15, 0.2) is 0 Å². The first-order valence-corrected chi connectivity index (χ1v) is 21.0. The largest absolute Gasteiger partial charge is 0.480 e. The first-order valence-electron chi connectivity index (χ1n) is 16.5. The summed E-state index contributed by atoms with van der Waals surface area (Å²) in [7, 11) is -3.43. The Morgan fingerprint density at radius 3 is 1.42 bits per heavy atom. The van der Waals surface area contributed by atoms with Gasteiger partial charge in [0.2, 0.25) is 31.8 Å². The van der Waals surface area contributed by atoms with Crippen LogP contribution in [0.3, 0.4) is 0 Å². The molecule has 6 rings (SSSR count). The van der Waals surface area contributed by atoms with Gasteiger partial charge in [-0.2, -0.15) is 0 Å². The number of hydrogen-bond donors (Lipinski definition) is 2. The zero-order valence-electron chi connectivity index (χ0n) is 29.1. The highest BCUT2D eigenvalue weighted by Gasteiger charge is 2.30. The number of sulfonamides is 2. The van der Waals surface area contributed by atoms with E-state index in [4.69, 9.17) is 42.6 Å². The number of nitrogens with zero attached hydrogens (tertiary/aromatic N) is 6. The number of halogens is 2. The van der Waals surface area contributed by atoms with Crippen molar-refractivity contribution >= 4 is 43.2 Å². The number of ether oxygens (including phenoxy) is 2. The number of nitrogens with one attached hydrogen (secondary N) is 2. The zero-order valence-corrected chi connectivity index (χ0v) is 32.3. The normalized spacial score (nSPS) is 18.6. The number of benzene rings is 2. The quantitative estimate of drug-likeness (QED) is 0.201. The Morgan fingerprint density at radius 2 is 1.08 bits per heavy atom. The molecule has 0 spiro atoms. The second kappa shape index (κ2) is 15.9. The summed E-state index contributed by atoms with van der Waals surface area (Å²) in [6, 6.07) is 11.1. The Bertz CT molecular complexity index is 2020. The topological polar surface area (TPSA) is 169 Å². The highest BCUT2D eigenvalue weighted by atomic mass is 35.5. The summed E-state index contributed by atoms with van der Waals surface area (Å²) >= 11 is 14.1. The Kier molecular flexibility index (Phi) is 11.7. The predicted molar refractivity (Wildman–Crippen MR) is 200 cm³/mol. The molecule has 2 aliphatic heterocycles. The van der Waals surface area contributed by atoms with Crippen molar-refractivity contribution in [1.82, 2.24) is 39.2 Å². The van der Waals surface area contributed by atoms with Crippen LogP contribution in [0.25, 0.3) is 33.6 Å². The van der Waals surface area contributed by atoms with Gasteiger partial charge in [0, 0.05) is 73.6 Å². The molecular formula is C34H40Cl2N8O6S2. The van der Waals surface area contributed by atoms with Crippen molar-refractivity contribution in [3.05, 3.63) is 70.2 Å². The van der Waals surface area contributed by atoms with Crippen LogP contribution in [-0.2, 0) is 33.1 Å². The summed E-state index contributed by atoms with van der Waals surface area (Å²) in [6.07, 6.45) is 7.10. The zero-order chi connectivity index (χ0) is 37.2. The van der Waals surface area contributed by atoms with Crippen LogP contribution in [0.2, 0.25) is 10.0 Å². The van der Waals surface area contributed by atoms with E-state index in [0.29, 0.717) is 119 Å². The minimum Gasteiger partial charge on any atom is -0.480 e. The molecule has 4 aromatic rings. The van der Waals surface area contributed by atoms with Gasteiger partial charge >= 0.3 is 0 Å². The van der Waals surface area contributed by atoms with E-state index >= 15 is 0 Å². The van der Waals surface area contributed by atoms with E-state index in [9.17, 15) is 16.8 Å². The van der Waals surface area contributed by atoms with Gasteiger partial charge in [-0.25, -0.2) is 35.4 Å². The Morgan fingerprint density at radius 1 is 0.692 bits per heavy atom. The second-order valence-corrected chi connectivity index (χ2v) is 17.5. The maximum absolute atomic E-state index is 11.9. The van der Waals surface area contributed by atoms with E-state index in [2.05, 4.69) is 20.6 Å². The summed E-state index contributed by atoms with van der Waals surface area (Å²) in [5.41, 5.74) is 4.79. The lowest BCUT2D eigenvalue weighted by molar-refractivity contribution is 0.384. The molecule has 4 heterocycles. The summed E-state index contributed by atoms with van der Waals surface area (Å²) in [5, 5.41) is 7.57. The van der Waals surface area contributed by atoms with Crippen molar-refractivity contribution in [2.75, 3.05) is 52.9 Å². The molecule has 2 saturated heterocycles. The third kappa shape index (κ3) is 8.50. The lowest BCUT2D eigenvalue weighted by Gasteiger charge is -2.16. The van der Waals surface area contributed by atoms with Crippen molar-refractivity contribution in [3.8, 4) is 45.4 Å². The van der Waals surface area contributed by atoms with Crippen LogP contribution in [0.1, 0.15) is 24.2 Å². The average molecular weight is 792 g/mol. The van der Waals surface area contributed by atoms with Gasteiger partial charge in [-0.1, -0.05) is 59.6 Å². The van der Waals surface area contributed by atoms with Crippen molar-refractivity contribution in [3.63, 3.8) is 0 Å². The number of methoxy groups -OCH3 is 2. The third-order valence-corrected chi connectivity index (χ3v) is 12.6. The molecular weight excluding hydrogens is 751 g/mol. The Labute approximate surface area is 314 Å². The van der Waals surface area contributed by atoms with Crippen LogP contribution in [0.5, 0.6) is 11.8 Å². The molecule has 2 fully saturated rings. The highest BCUT2D eigenvalue weighted by Crippen LogP contribution is 2.42. The van der Waals surface area contributed by atoms with E-state index in [1.54, 1.807) is 12.4 Å². The van der Waals surface area contributed by atoms with Gasteiger partial charge in [-0.3, -0.25) is 9.97 Å². The van der Waals surface area contributed by atoms with Gasteiger partial charge < -0.3 is 20.1 Å². The molecule has 2 aromatic carbocycles. The minimum atomic E-state index is -3.24. The van der Waals surface area contributed by atoms with Crippen LogP contribution in [0.4, 0.5) is 0 Å². The lowest BCUT2D eigenvalue weighted by Crippen LogP contribution is -2.34. The van der Waals surface area contributed by atoms with Crippen LogP contribution in [0.15, 0.2) is 48.8 Å². The molecule has 0 bridgehead atoms. The maximum Gasteiger partial charge on any atom is 0.237 e. The summed E-state index contributed by atoms with van der Waals surface area (Å²) in [4.78, 5) is 18.7. The van der Waals surface area contributed by atoms with Crippen molar-refractivity contribution in [1.29, 1.82) is 0 Å². The first kappa shape index (κ1) is 38.3. The molecule has 0 saturated carbocycles. The highest BCUT2D eigenvalue weighted by molar-refractivity contribution is 7.88. The van der Waals surface area contributed by atoms with E-state index < -0.39 is 20.0 Å². The SMILES string of the molecule is COc1nc(-c2cccc(-c3cccc(-c4cnc(CN[C@@H]5CCN(S(C)(=O)=O)C5)c(OC)n4)c3Cl)c2Cl)cnc1CN[C@@H]1CCN(S(C)(=O)=O)C1. The molecule has 2 aromatic heterocycles. The molecule has 2 atom stereocenters. The Hall–Kier alpha value is -3.48. The van der Waals surface area contributed by atoms with Gasteiger partial charge in [0.05, 0.1) is 60.6 Å². The fourth-order valence-corrected chi connectivity index (χ4v) is 8.80. The molecule has 278 valence electrons. The molecule has 18 heteroatoms. The van der Waals surface area contributed by atoms with Gasteiger partial charge in [-0.05, 0) is 12.8 Å². The number of hydrogen-bond acceptors (Lipinski definition) is 12. The van der Waals surface area contributed by atoms with Crippen LogP contribution >= 0.6 is 23.2 Å². The number of aromatic nitrogens is 4. The van der Waals surface area contributed by atoms with Gasteiger partial charge in [0.1, 0.15) is 11.4 Å². The van der Waals surface area contributed by atoms with Crippen molar-refractivity contribution in [2.45, 2.75) is 38.0 Å². The van der Waals surface area contributed by atoms with E-state index in [1.807, 2.05) is 36.4 Å². The molecule has 0 amide bonds. The minimum absolute atomic E-state index is 0.00613. The van der Waals surface area contributed by atoms with E-state index in [-0.39, 0.29) is 12.1 Å². The van der Waals surface area contributed by atoms with E-state index in [1.165, 1.54) is 35.3 Å². The van der Waals surface area contributed by atoms with Crippen LogP contribution in [0, 0.1) is 0 Å². The second-order valence-electron chi connectivity index (χ2n) is 12.7. The fourth-order valence-electron chi connectivity index (χ4n) is 6.37. The molecule has 0 radical (unpaired) electrons. The van der Waals surface area contributed by atoms with Crippen molar-refractivity contribution in [2.24, 2.45) is 0 Å². The first-order chi connectivity index (χ1) is 24.8. The van der Waals surface area contributed by atoms with Crippen LogP contribution in [-0.4, -0.2) is 110 Å². The predicted octanol–water partition coefficient (Wildman–Crippen LogP) is 3.84. The lowest BCUT2D eigenvalue weighted by atomic mass is 9.98. The summed E-state index contributed by atoms with van der Waals surface area (Å²) in [5.74, 6) is 0.657. The van der Waals surface area contributed by atoms with Crippen molar-refractivity contribution < 1.29 is 26.3 Å². The van der Waals surface area contributed by atoms with Crippen LogP contribution < -0.4 is 20.1 Å². The number of rotatable bonds is 13. The monoisotopic (exact) mass is 790 g/mol.